The maximum atomic E-state index is 6.17. The van der Waals surface area contributed by atoms with Gasteiger partial charge in [-0.05, 0) is 46.1 Å². The van der Waals surface area contributed by atoms with Crippen molar-refractivity contribution in [1.82, 2.24) is 4.98 Å². The Balaban J connectivity index is 2.15. The molecular weight excluding hydrogens is 292 g/mol. The number of rotatable bonds is 4. The number of aromatic nitrogens is 1. The lowest BCUT2D eigenvalue weighted by molar-refractivity contribution is 0.408. The SMILES string of the molecule is COc1ccccc1CC(N)c1ccc(Br)cn1. The molecule has 1 heterocycles. The van der Waals surface area contributed by atoms with E-state index in [1.165, 1.54) is 0 Å². The van der Waals surface area contributed by atoms with Crippen LogP contribution in [-0.4, -0.2) is 12.1 Å². The summed E-state index contributed by atoms with van der Waals surface area (Å²) in [5.74, 6) is 0.866. The Bertz CT molecular complexity index is 513. The van der Waals surface area contributed by atoms with Crippen LogP contribution in [0.5, 0.6) is 5.75 Å². The number of halogens is 1. The molecule has 2 rings (SSSR count). The lowest BCUT2D eigenvalue weighted by Crippen LogP contribution is -2.15. The van der Waals surface area contributed by atoms with E-state index in [-0.39, 0.29) is 6.04 Å². The fraction of sp³-hybridized carbons (Fsp3) is 0.214. The second kappa shape index (κ2) is 5.98. The second-order valence-corrected chi connectivity index (χ2v) is 4.94. The quantitative estimate of drug-likeness (QED) is 0.944. The molecular formula is C14H15BrN2O. The van der Waals surface area contributed by atoms with Crippen molar-refractivity contribution in [3.63, 3.8) is 0 Å². The van der Waals surface area contributed by atoms with Crippen LogP contribution in [0.4, 0.5) is 0 Å². The van der Waals surface area contributed by atoms with Crippen LogP contribution in [-0.2, 0) is 6.42 Å². The first-order valence-electron chi connectivity index (χ1n) is 5.69. The highest BCUT2D eigenvalue weighted by molar-refractivity contribution is 9.10. The molecule has 0 aliphatic rings. The fourth-order valence-electron chi connectivity index (χ4n) is 1.82. The first-order chi connectivity index (χ1) is 8.70. The molecule has 0 bridgehead atoms. The van der Waals surface area contributed by atoms with Gasteiger partial charge < -0.3 is 10.5 Å². The summed E-state index contributed by atoms with van der Waals surface area (Å²) in [5, 5.41) is 0. The molecule has 2 N–H and O–H groups in total. The van der Waals surface area contributed by atoms with Crippen molar-refractivity contribution in [2.24, 2.45) is 5.73 Å². The molecule has 3 nitrogen and oxygen atoms in total. The third-order valence-electron chi connectivity index (χ3n) is 2.76. The lowest BCUT2D eigenvalue weighted by atomic mass is 10.0. The predicted octanol–water partition coefficient (Wildman–Crippen LogP) is 3.10. The molecule has 1 aromatic heterocycles. The molecule has 18 heavy (non-hydrogen) atoms. The number of methoxy groups -OCH3 is 1. The number of para-hydroxylation sites is 1. The highest BCUT2D eigenvalue weighted by Crippen LogP contribution is 2.23. The zero-order chi connectivity index (χ0) is 13.0. The largest absolute Gasteiger partial charge is 0.496 e. The van der Waals surface area contributed by atoms with Gasteiger partial charge in [0.25, 0.3) is 0 Å². The van der Waals surface area contributed by atoms with Crippen LogP contribution < -0.4 is 10.5 Å². The molecule has 1 aromatic carbocycles. The second-order valence-electron chi connectivity index (χ2n) is 4.02. The van der Waals surface area contributed by atoms with Crippen molar-refractivity contribution < 1.29 is 4.74 Å². The number of nitrogens with two attached hydrogens (primary N) is 1. The summed E-state index contributed by atoms with van der Waals surface area (Å²) in [6.45, 7) is 0. The third kappa shape index (κ3) is 3.09. The van der Waals surface area contributed by atoms with Crippen LogP contribution in [0.3, 0.4) is 0 Å². The van der Waals surface area contributed by atoms with E-state index in [2.05, 4.69) is 20.9 Å². The van der Waals surface area contributed by atoms with Gasteiger partial charge >= 0.3 is 0 Å². The first kappa shape index (κ1) is 13.1. The van der Waals surface area contributed by atoms with Crippen LogP contribution >= 0.6 is 15.9 Å². The van der Waals surface area contributed by atoms with E-state index >= 15 is 0 Å². The number of hydrogen-bond donors (Lipinski definition) is 1. The molecule has 0 spiro atoms. The van der Waals surface area contributed by atoms with E-state index < -0.39 is 0 Å². The summed E-state index contributed by atoms with van der Waals surface area (Å²) in [4.78, 5) is 4.32. The average Bonchev–Trinajstić information content (AvgIpc) is 2.40. The van der Waals surface area contributed by atoms with E-state index in [9.17, 15) is 0 Å². The van der Waals surface area contributed by atoms with Crippen LogP contribution in [0.1, 0.15) is 17.3 Å². The predicted molar refractivity (Wildman–Crippen MR) is 75.6 cm³/mol. The maximum absolute atomic E-state index is 6.17. The van der Waals surface area contributed by atoms with Crippen LogP contribution in [0.15, 0.2) is 47.1 Å². The minimum atomic E-state index is -0.130. The molecule has 0 fully saturated rings. The Morgan fingerprint density at radius 1 is 1.28 bits per heavy atom. The van der Waals surface area contributed by atoms with Crippen LogP contribution in [0.25, 0.3) is 0 Å². The molecule has 1 unspecified atom stereocenters. The monoisotopic (exact) mass is 306 g/mol. The minimum Gasteiger partial charge on any atom is -0.496 e. The zero-order valence-electron chi connectivity index (χ0n) is 10.1. The molecule has 2 aromatic rings. The summed E-state index contributed by atoms with van der Waals surface area (Å²) in [5.41, 5.74) is 8.14. The summed E-state index contributed by atoms with van der Waals surface area (Å²) < 4.78 is 6.27. The highest BCUT2D eigenvalue weighted by Gasteiger charge is 2.11. The molecule has 4 heteroatoms. The average molecular weight is 307 g/mol. The van der Waals surface area contributed by atoms with Crippen molar-refractivity contribution in [3.8, 4) is 5.75 Å². The van der Waals surface area contributed by atoms with Crippen molar-refractivity contribution >= 4 is 15.9 Å². The molecule has 1 atom stereocenters. The van der Waals surface area contributed by atoms with E-state index in [1.54, 1.807) is 13.3 Å². The maximum Gasteiger partial charge on any atom is 0.122 e. The number of benzene rings is 1. The van der Waals surface area contributed by atoms with E-state index in [1.807, 2.05) is 36.4 Å². The first-order valence-corrected chi connectivity index (χ1v) is 6.49. The van der Waals surface area contributed by atoms with Gasteiger partial charge in [0.15, 0.2) is 0 Å². The molecule has 0 saturated carbocycles. The summed E-state index contributed by atoms with van der Waals surface area (Å²) in [6, 6.07) is 11.7. The highest BCUT2D eigenvalue weighted by atomic mass is 79.9. The summed E-state index contributed by atoms with van der Waals surface area (Å²) >= 11 is 3.36. The molecule has 0 aliphatic heterocycles. The number of ether oxygens (including phenoxy) is 1. The van der Waals surface area contributed by atoms with Gasteiger partial charge in [0.1, 0.15) is 5.75 Å². The summed E-state index contributed by atoms with van der Waals surface area (Å²) in [6.07, 6.45) is 2.47. The smallest absolute Gasteiger partial charge is 0.122 e. The third-order valence-corrected chi connectivity index (χ3v) is 3.23. The molecule has 0 saturated heterocycles. The zero-order valence-corrected chi connectivity index (χ0v) is 11.7. The normalized spacial score (nSPS) is 12.2. The van der Waals surface area contributed by atoms with Gasteiger partial charge in [0, 0.05) is 10.7 Å². The Morgan fingerprint density at radius 2 is 2.06 bits per heavy atom. The molecule has 0 amide bonds. The van der Waals surface area contributed by atoms with Gasteiger partial charge in [-0.2, -0.15) is 0 Å². The molecule has 94 valence electrons. The van der Waals surface area contributed by atoms with Crippen LogP contribution in [0.2, 0.25) is 0 Å². The van der Waals surface area contributed by atoms with Gasteiger partial charge in [-0.15, -0.1) is 0 Å². The van der Waals surface area contributed by atoms with E-state index in [4.69, 9.17) is 10.5 Å². The number of nitrogens with zero attached hydrogens (tertiary/aromatic N) is 1. The van der Waals surface area contributed by atoms with Crippen molar-refractivity contribution in [3.05, 3.63) is 58.3 Å². The van der Waals surface area contributed by atoms with Crippen molar-refractivity contribution in [2.45, 2.75) is 12.5 Å². The Kier molecular flexibility index (Phi) is 4.33. The Hall–Kier alpha value is -1.39. The van der Waals surface area contributed by atoms with Gasteiger partial charge in [0.2, 0.25) is 0 Å². The van der Waals surface area contributed by atoms with Crippen molar-refractivity contribution in [1.29, 1.82) is 0 Å². The number of pyridine rings is 1. The Labute approximate surface area is 115 Å². The van der Waals surface area contributed by atoms with Gasteiger partial charge in [-0.3, -0.25) is 4.98 Å². The van der Waals surface area contributed by atoms with Gasteiger partial charge in [0.05, 0.1) is 18.8 Å². The Morgan fingerprint density at radius 3 is 2.72 bits per heavy atom. The number of hydrogen-bond acceptors (Lipinski definition) is 3. The van der Waals surface area contributed by atoms with Gasteiger partial charge in [-0.1, -0.05) is 18.2 Å². The molecule has 0 radical (unpaired) electrons. The van der Waals surface area contributed by atoms with Crippen molar-refractivity contribution in [2.75, 3.05) is 7.11 Å². The lowest BCUT2D eigenvalue weighted by Gasteiger charge is -2.13. The fourth-order valence-corrected chi connectivity index (χ4v) is 2.05. The van der Waals surface area contributed by atoms with E-state index in [0.29, 0.717) is 6.42 Å². The minimum absolute atomic E-state index is 0.130. The standard InChI is InChI=1S/C14H15BrN2O/c1-18-14-5-3-2-4-10(14)8-12(16)13-7-6-11(15)9-17-13/h2-7,9,12H,8,16H2,1H3. The summed E-state index contributed by atoms with van der Waals surface area (Å²) in [7, 11) is 1.67. The molecule has 0 aliphatic carbocycles. The van der Waals surface area contributed by atoms with E-state index in [0.717, 1.165) is 21.5 Å². The van der Waals surface area contributed by atoms with Crippen LogP contribution in [0, 0.1) is 0 Å². The van der Waals surface area contributed by atoms with Gasteiger partial charge in [-0.25, -0.2) is 0 Å². The topological polar surface area (TPSA) is 48.1 Å².